The first kappa shape index (κ1) is 19.9. The van der Waals surface area contributed by atoms with Gasteiger partial charge in [-0.05, 0) is 36.1 Å². The second kappa shape index (κ2) is 11.3. The largest absolute Gasteiger partial charge is 0.377 e. The maximum Gasteiger partial charge on any atom is 0.315 e. The van der Waals surface area contributed by atoms with Gasteiger partial charge >= 0.3 is 6.03 Å². The molecule has 0 unspecified atom stereocenters. The van der Waals surface area contributed by atoms with Gasteiger partial charge in [-0.1, -0.05) is 48.5 Å². The molecule has 2 amide bonds. The summed E-state index contributed by atoms with van der Waals surface area (Å²) in [5.74, 6) is 0. The molecule has 0 saturated carbocycles. The third kappa shape index (κ3) is 7.25. The highest BCUT2D eigenvalue weighted by Crippen LogP contribution is 2.07. The predicted molar refractivity (Wildman–Crippen MR) is 103 cm³/mol. The number of amides is 2. The number of rotatable bonds is 10. The molecule has 0 spiro atoms. The van der Waals surface area contributed by atoms with Crippen LogP contribution in [0.3, 0.4) is 0 Å². The molecule has 0 bridgehead atoms. The molecule has 0 aliphatic rings. The lowest BCUT2D eigenvalue weighted by Gasteiger charge is -2.09. The fourth-order valence-electron chi connectivity index (χ4n) is 2.37. The van der Waals surface area contributed by atoms with E-state index in [-0.39, 0.29) is 6.03 Å². The average Bonchev–Trinajstić information content (AvgIpc) is 2.69. The van der Waals surface area contributed by atoms with Crippen molar-refractivity contribution in [1.82, 2.24) is 10.6 Å². The number of carbonyl (C=O) groups is 1. The van der Waals surface area contributed by atoms with Gasteiger partial charge in [0.05, 0.1) is 13.2 Å². The molecule has 5 heteroatoms. The SMILES string of the molecule is CCOCc1ccc(CNC(=O)NCc2ccc(COCC)cc2)cc1. The van der Waals surface area contributed by atoms with E-state index in [4.69, 9.17) is 9.47 Å². The highest BCUT2D eigenvalue weighted by Gasteiger charge is 2.02. The van der Waals surface area contributed by atoms with Crippen LogP contribution in [0.2, 0.25) is 0 Å². The first-order chi connectivity index (χ1) is 12.7. The Morgan fingerprint density at radius 2 is 1.04 bits per heavy atom. The standard InChI is InChI=1S/C21H28N2O3/c1-3-25-15-19-9-5-17(6-10-19)13-22-21(24)23-14-18-7-11-20(12-8-18)16-26-4-2/h5-12H,3-4,13-16H2,1-2H3,(H2,22,23,24). The van der Waals surface area contributed by atoms with E-state index in [0.717, 1.165) is 22.3 Å². The molecule has 0 aromatic heterocycles. The van der Waals surface area contributed by atoms with Crippen molar-refractivity contribution in [2.75, 3.05) is 13.2 Å². The van der Waals surface area contributed by atoms with Crippen molar-refractivity contribution in [2.45, 2.75) is 40.2 Å². The maximum atomic E-state index is 11.9. The van der Waals surface area contributed by atoms with Crippen molar-refractivity contribution in [1.29, 1.82) is 0 Å². The van der Waals surface area contributed by atoms with Crippen LogP contribution < -0.4 is 10.6 Å². The Labute approximate surface area is 155 Å². The minimum atomic E-state index is -0.179. The lowest BCUT2D eigenvalue weighted by molar-refractivity contribution is 0.134. The molecule has 0 aliphatic heterocycles. The molecule has 2 aromatic rings. The number of nitrogens with one attached hydrogen (secondary N) is 2. The zero-order valence-corrected chi connectivity index (χ0v) is 15.6. The van der Waals surface area contributed by atoms with E-state index in [1.807, 2.05) is 62.4 Å². The number of hydrogen-bond donors (Lipinski definition) is 2. The van der Waals surface area contributed by atoms with Crippen LogP contribution in [0, 0.1) is 0 Å². The van der Waals surface area contributed by atoms with Crippen LogP contribution in [0.1, 0.15) is 36.1 Å². The van der Waals surface area contributed by atoms with Crippen molar-refractivity contribution >= 4 is 6.03 Å². The van der Waals surface area contributed by atoms with Crippen LogP contribution in [0.5, 0.6) is 0 Å². The lowest BCUT2D eigenvalue weighted by Crippen LogP contribution is -2.34. The van der Waals surface area contributed by atoms with E-state index in [2.05, 4.69) is 10.6 Å². The van der Waals surface area contributed by atoms with Crippen LogP contribution in [0.25, 0.3) is 0 Å². The molecule has 5 nitrogen and oxygen atoms in total. The molecule has 0 atom stereocenters. The minimum absolute atomic E-state index is 0.179. The van der Waals surface area contributed by atoms with Crippen molar-refractivity contribution < 1.29 is 14.3 Å². The first-order valence-corrected chi connectivity index (χ1v) is 9.04. The normalized spacial score (nSPS) is 10.5. The molecule has 0 heterocycles. The Balaban J connectivity index is 1.70. The maximum absolute atomic E-state index is 11.9. The van der Waals surface area contributed by atoms with Gasteiger partial charge in [0.2, 0.25) is 0 Å². The summed E-state index contributed by atoms with van der Waals surface area (Å²) in [7, 11) is 0. The summed E-state index contributed by atoms with van der Waals surface area (Å²) in [6.45, 7) is 7.60. The van der Waals surface area contributed by atoms with Crippen molar-refractivity contribution in [3.05, 3.63) is 70.8 Å². The van der Waals surface area contributed by atoms with Gasteiger partial charge in [-0.3, -0.25) is 0 Å². The monoisotopic (exact) mass is 356 g/mol. The highest BCUT2D eigenvalue weighted by molar-refractivity contribution is 5.73. The van der Waals surface area contributed by atoms with E-state index in [9.17, 15) is 4.79 Å². The fraction of sp³-hybridized carbons (Fsp3) is 0.381. The van der Waals surface area contributed by atoms with Gasteiger partial charge in [0.1, 0.15) is 0 Å². The van der Waals surface area contributed by atoms with E-state index >= 15 is 0 Å². The molecule has 0 saturated heterocycles. The quantitative estimate of drug-likeness (QED) is 0.681. The molecular formula is C21H28N2O3. The van der Waals surface area contributed by atoms with Crippen LogP contribution in [-0.4, -0.2) is 19.2 Å². The van der Waals surface area contributed by atoms with Crippen LogP contribution in [-0.2, 0) is 35.8 Å². The minimum Gasteiger partial charge on any atom is -0.377 e. The number of urea groups is 1. The van der Waals surface area contributed by atoms with Crippen molar-refractivity contribution in [3.63, 3.8) is 0 Å². The Morgan fingerprint density at radius 3 is 1.38 bits per heavy atom. The lowest BCUT2D eigenvalue weighted by atomic mass is 10.1. The van der Waals surface area contributed by atoms with Crippen molar-refractivity contribution in [3.8, 4) is 0 Å². The number of benzene rings is 2. The van der Waals surface area contributed by atoms with Crippen LogP contribution in [0.4, 0.5) is 4.79 Å². The van der Waals surface area contributed by atoms with E-state index in [1.165, 1.54) is 0 Å². The smallest absolute Gasteiger partial charge is 0.315 e. The van der Waals surface area contributed by atoms with Gasteiger partial charge in [0.15, 0.2) is 0 Å². The molecule has 0 aliphatic carbocycles. The van der Waals surface area contributed by atoms with Gasteiger partial charge in [0, 0.05) is 26.3 Å². The van der Waals surface area contributed by atoms with Crippen LogP contribution in [0.15, 0.2) is 48.5 Å². The van der Waals surface area contributed by atoms with E-state index in [1.54, 1.807) is 0 Å². The molecule has 2 N–H and O–H groups in total. The second-order valence-corrected chi connectivity index (χ2v) is 5.94. The summed E-state index contributed by atoms with van der Waals surface area (Å²) in [6, 6.07) is 15.9. The Hall–Kier alpha value is -2.37. The summed E-state index contributed by atoms with van der Waals surface area (Å²) in [5.41, 5.74) is 4.38. The summed E-state index contributed by atoms with van der Waals surface area (Å²) < 4.78 is 10.7. The zero-order valence-electron chi connectivity index (χ0n) is 15.6. The second-order valence-electron chi connectivity index (χ2n) is 5.94. The van der Waals surface area contributed by atoms with Gasteiger partial charge < -0.3 is 20.1 Å². The molecular weight excluding hydrogens is 328 g/mol. The molecule has 0 fully saturated rings. The van der Waals surface area contributed by atoms with Crippen LogP contribution >= 0.6 is 0 Å². The van der Waals surface area contributed by atoms with Gasteiger partial charge in [-0.2, -0.15) is 0 Å². The van der Waals surface area contributed by atoms with E-state index in [0.29, 0.717) is 39.5 Å². The highest BCUT2D eigenvalue weighted by atomic mass is 16.5. The average molecular weight is 356 g/mol. The Bertz CT molecular complexity index is 596. The summed E-state index contributed by atoms with van der Waals surface area (Å²) in [5, 5.41) is 5.74. The zero-order chi connectivity index (χ0) is 18.6. The van der Waals surface area contributed by atoms with Gasteiger partial charge in [-0.15, -0.1) is 0 Å². The number of hydrogen-bond acceptors (Lipinski definition) is 3. The summed E-state index contributed by atoms with van der Waals surface area (Å²) in [4.78, 5) is 11.9. The number of carbonyl (C=O) groups excluding carboxylic acids is 1. The summed E-state index contributed by atoms with van der Waals surface area (Å²) in [6.07, 6.45) is 0. The Morgan fingerprint density at radius 1 is 0.692 bits per heavy atom. The fourth-order valence-corrected chi connectivity index (χ4v) is 2.37. The third-order valence-corrected chi connectivity index (χ3v) is 3.90. The van der Waals surface area contributed by atoms with E-state index < -0.39 is 0 Å². The molecule has 2 aromatic carbocycles. The van der Waals surface area contributed by atoms with Gasteiger partial charge in [0.25, 0.3) is 0 Å². The molecule has 2 rings (SSSR count). The summed E-state index contributed by atoms with van der Waals surface area (Å²) >= 11 is 0. The molecule has 26 heavy (non-hydrogen) atoms. The topological polar surface area (TPSA) is 59.6 Å². The van der Waals surface area contributed by atoms with Crippen molar-refractivity contribution in [2.24, 2.45) is 0 Å². The molecule has 0 radical (unpaired) electrons. The third-order valence-electron chi connectivity index (χ3n) is 3.90. The Kier molecular flexibility index (Phi) is 8.66. The first-order valence-electron chi connectivity index (χ1n) is 9.04. The number of ether oxygens (including phenoxy) is 2. The molecule has 140 valence electrons. The van der Waals surface area contributed by atoms with Gasteiger partial charge in [-0.25, -0.2) is 4.79 Å². The predicted octanol–water partition coefficient (Wildman–Crippen LogP) is 3.76.